The highest BCUT2D eigenvalue weighted by molar-refractivity contribution is 9.10. The summed E-state index contributed by atoms with van der Waals surface area (Å²) in [5, 5.41) is 11.2. The third kappa shape index (κ3) is 3.73. The van der Waals surface area contributed by atoms with E-state index in [4.69, 9.17) is 0 Å². The molecule has 1 aromatic heterocycles. The number of aliphatic hydroxyl groups is 1. The highest BCUT2D eigenvalue weighted by Gasteiger charge is 2.20. The second-order valence-electron chi connectivity index (χ2n) is 4.73. The van der Waals surface area contributed by atoms with E-state index in [2.05, 4.69) is 20.7 Å². The fraction of sp³-hybridized carbons (Fsp3) is 0.286. The molecule has 1 aromatic carbocycles. The number of aliphatic hydroxyl groups excluding tert-OH is 1. The number of thiophene rings is 1. The minimum absolute atomic E-state index is 0.153. The van der Waals surface area contributed by atoms with Crippen LogP contribution in [0, 0.1) is 13.8 Å². The number of aryl methyl sites for hydroxylation is 2. The van der Waals surface area contributed by atoms with Gasteiger partial charge < -0.3 is 5.11 Å². The van der Waals surface area contributed by atoms with Crippen molar-refractivity contribution in [2.45, 2.75) is 31.9 Å². The molecule has 0 radical (unpaired) electrons. The summed E-state index contributed by atoms with van der Waals surface area (Å²) in [6.45, 7) is 3.82. The van der Waals surface area contributed by atoms with Gasteiger partial charge in [0.15, 0.2) is 0 Å². The van der Waals surface area contributed by atoms with Gasteiger partial charge in [0.25, 0.3) is 0 Å². The van der Waals surface area contributed by atoms with Gasteiger partial charge in [-0.05, 0) is 64.0 Å². The van der Waals surface area contributed by atoms with Crippen LogP contribution in [0.15, 0.2) is 32.9 Å². The molecule has 0 aliphatic carbocycles. The summed E-state index contributed by atoms with van der Waals surface area (Å²) >= 11 is 4.84. The van der Waals surface area contributed by atoms with E-state index in [9.17, 15) is 13.5 Å². The molecule has 0 saturated heterocycles. The molecule has 7 heteroatoms. The average molecular weight is 390 g/mol. The first-order chi connectivity index (χ1) is 9.85. The Hall–Kier alpha value is -0.730. The molecule has 2 rings (SSSR count). The largest absolute Gasteiger partial charge is 0.392 e. The molecule has 2 N–H and O–H groups in total. The Morgan fingerprint density at radius 1 is 1.29 bits per heavy atom. The Morgan fingerprint density at radius 3 is 2.57 bits per heavy atom. The van der Waals surface area contributed by atoms with Gasteiger partial charge in [-0.3, -0.25) is 0 Å². The Bertz CT molecular complexity index is 754. The molecule has 0 spiro atoms. The molecule has 0 bridgehead atoms. The first-order valence-electron chi connectivity index (χ1n) is 6.27. The van der Waals surface area contributed by atoms with E-state index in [1.54, 1.807) is 13.0 Å². The molecule has 0 unspecified atom stereocenters. The maximum Gasteiger partial charge on any atom is 0.242 e. The standard InChI is InChI=1S/C14H16BrNO3S2/c1-9-3-4-20-12(9)7-16-21(18,19)13-6-11(8-17)5-10(2)14(13)15/h3-6,16-17H,7-8H2,1-2H3. The summed E-state index contributed by atoms with van der Waals surface area (Å²) in [4.78, 5) is 1.14. The zero-order chi connectivity index (χ0) is 15.6. The van der Waals surface area contributed by atoms with E-state index in [0.29, 0.717) is 10.0 Å². The molecule has 1 heterocycles. The molecular weight excluding hydrogens is 374 g/mol. The van der Waals surface area contributed by atoms with Crippen molar-refractivity contribution in [2.24, 2.45) is 0 Å². The monoisotopic (exact) mass is 389 g/mol. The van der Waals surface area contributed by atoms with E-state index < -0.39 is 10.0 Å². The van der Waals surface area contributed by atoms with Crippen molar-refractivity contribution in [2.75, 3.05) is 0 Å². The molecule has 4 nitrogen and oxygen atoms in total. The van der Waals surface area contributed by atoms with Crippen LogP contribution in [0.25, 0.3) is 0 Å². The van der Waals surface area contributed by atoms with Crippen LogP contribution in [-0.4, -0.2) is 13.5 Å². The average Bonchev–Trinajstić information content (AvgIpc) is 2.84. The number of sulfonamides is 1. The minimum Gasteiger partial charge on any atom is -0.392 e. The molecule has 0 amide bonds. The van der Waals surface area contributed by atoms with Crippen LogP contribution in [-0.2, 0) is 23.2 Å². The van der Waals surface area contributed by atoms with Gasteiger partial charge >= 0.3 is 0 Å². The number of benzene rings is 1. The van der Waals surface area contributed by atoms with Crippen molar-refractivity contribution < 1.29 is 13.5 Å². The van der Waals surface area contributed by atoms with E-state index in [0.717, 1.165) is 16.0 Å². The van der Waals surface area contributed by atoms with E-state index in [1.807, 2.05) is 18.4 Å². The number of hydrogen-bond acceptors (Lipinski definition) is 4. The SMILES string of the molecule is Cc1ccsc1CNS(=O)(=O)c1cc(CO)cc(C)c1Br. The molecule has 0 aliphatic heterocycles. The Labute approximate surface area is 137 Å². The van der Waals surface area contributed by atoms with Crippen molar-refractivity contribution in [3.05, 3.63) is 49.6 Å². The van der Waals surface area contributed by atoms with E-state index in [1.165, 1.54) is 17.4 Å². The van der Waals surface area contributed by atoms with Gasteiger partial charge in [-0.15, -0.1) is 11.3 Å². The van der Waals surface area contributed by atoms with Gasteiger partial charge in [-0.2, -0.15) is 0 Å². The Balaban J connectivity index is 2.31. The van der Waals surface area contributed by atoms with Crippen LogP contribution >= 0.6 is 27.3 Å². The molecule has 0 saturated carbocycles. The minimum atomic E-state index is -3.64. The maximum atomic E-state index is 12.5. The van der Waals surface area contributed by atoms with Crippen molar-refractivity contribution in [3.8, 4) is 0 Å². The van der Waals surface area contributed by atoms with Gasteiger partial charge in [-0.25, -0.2) is 13.1 Å². The lowest BCUT2D eigenvalue weighted by Gasteiger charge is -2.12. The summed E-state index contributed by atoms with van der Waals surface area (Å²) in [6, 6.07) is 5.20. The Morgan fingerprint density at radius 2 is 2.00 bits per heavy atom. The summed E-state index contributed by atoms with van der Waals surface area (Å²) in [5.41, 5.74) is 2.42. The van der Waals surface area contributed by atoms with E-state index in [-0.39, 0.29) is 18.0 Å². The lowest BCUT2D eigenvalue weighted by molar-refractivity contribution is 0.281. The third-order valence-electron chi connectivity index (χ3n) is 3.14. The van der Waals surface area contributed by atoms with Crippen LogP contribution in [0.2, 0.25) is 0 Å². The van der Waals surface area contributed by atoms with Crippen LogP contribution in [0.1, 0.15) is 21.6 Å². The smallest absolute Gasteiger partial charge is 0.242 e. The van der Waals surface area contributed by atoms with Crippen LogP contribution in [0.4, 0.5) is 0 Å². The van der Waals surface area contributed by atoms with Crippen molar-refractivity contribution in [1.82, 2.24) is 4.72 Å². The fourth-order valence-corrected chi connectivity index (χ4v) is 4.92. The van der Waals surface area contributed by atoms with Gasteiger partial charge in [-0.1, -0.05) is 6.07 Å². The summed E-state index contributed by atoms with van der Waals surface area (Å²) in [6.07, 6.45) is 0. The maximum absolute atomic E-state index is 12.5. The number of hydrogen-bond donors (Lipinski definition) is 2. The van der Waals surface area contributed by atoms with Crippen LogP contribution in [0.5, 0.6) is 0 Å². The summed E-state index contributed by atoms with van der Waals surface area (Å²) in [5.74, 6) is 0. The zero-order valence-corrected chi connectivity index (χ0v) is 14.9. The van der Waals surface area contributed by atoms with Crippen LogP contribution < -0.4 is 4.72 Å². The van der Waals surface area contributed by atoms with E-state index >= 15 is 0 Å². The number of rotatable bonds is 5. The van der Waals surface area contributed by atoms with Crippen molar-refractivity contribution in [3.63, 3.8) is 0 Å². The molecule has 0 fully saturated rings. The second kappa shape index (κ2) is 6.58. The first-order valence-corrected chi connectivity index (χ1v) is 9.43. The molecule has 0 atom stereocenters. The Kier molecular flexibility index (Phi) is 5.21. The predicted molar refractivity (Wildman–Crippen MR) is 87.9 cm³/mol. The second-order valence-corrected chi connectivity index (χ2v) is 8.26. The lowest BCUT2D eigenvalue weighted by Crippen LogP contribution is -2.24. The third-order valence-corrected chi connectivity index (χ3v) is 6.91. The highest BCUT2D eigenvalue weighted by atomic mass is 79.9. The van der Waals surface area contributed by atoms with Crippen LogP contribution in [0.3, 0.4) is 0 Å². The lowest BCUT2D eigenvalue weighted by atomic mass is 10.1. The topological polar surface area (TPSA) is 66.4 Å². The van der Waals surface area contributed by atoms with Gasteiger partial charge in [0, 0.05) is 15.9 Å². The van der Waals surface area contributed by atoms with Gasteiger partial charge in [0.2, 0.25) is 10.0 Å². The van der Waals surface area contributed by atoms with Gasteiger partial charge in [0.1, 0.15) is 0 Å². The fourth-order valence-electron chi connectivity index (χ4n) is 1.92. The van der Waals surface area contributed by atoms with Crippen molar-refractivity contribution in [1.29, 1.82) is 0 Å². The summed E-state index contributed by atoms with van der Waals surface area (Å²) < 4.78 is 28.1. The normalized spacial score (nSPS) is 11.8. The highest BCUT2D eigenvalue weighted by Crippen LogP contribution is 2.27. The molecule has 114 valence electrons. The number of halogens is 1. The zero-order valence-electron chi connectivity index (χ0n) is 11.7. The molecule has 21 heavy (non-hydrogen) atoms. The predicted octanol–water partition coefficient (Wildman–Crippen LogP) is 3.10. The molecule has 0 aliphatic rings. The molecular formula is C14H16BrNO3S2. The molecule has 2 aromatic rings. The van der Waals surface area contributed by atoms with Crippen molar-refractivity contribution >= 4 is 37.3 Å². The summed E-state index contributed by atoms with van der Waals surface area (Å²) in [7, 11) is -3.64. The first kappa shape index (κ1) is 16.6. The van der Waals surface area contributed by atoms with Gasteiger partial charge in [0.05, 0.1) is 11.5 Å². The quantitative estimate of drug-likeness (QED) is 0.825. The number of nitrogens with one attached hydrogen (secondary N) is 1.